The van der Waals surface area contributed by atoms with Gasteiger partial charge in [-0.1, -0.05) is 0 Å². The Balaban J connectivity index is 2.07. The standard InChI is InChI=1S/C15H29N3O2/c1-15(2,3)17-10-7-13(19)16-9-8-14(20)18-11-5-4-6-12-18/h17H,4-12H2,1-3H3,(H,16,19). The Hall–Kier alpha value is -1.10. The number of likely N-dealkylation sites (tertiary alicyclic amines) is 1. The van der Waals surface area contributed by atoms with Crippen LogP contribution in [0.1, 0.15) is 52.9 Å². The molecule has 0 aromatic rings. The summed E-state index contributed by atoms with van der Waals surface area (Å²) in [4.78, 5) is 25.4. The Labute approximate surface area is 122 Å². The molecule has 1 rings (SSSR count). The molecule has 1 aliphatic heterocycles. The molecule has 1 saturated heterocycles. The number of nitrogens with zero attached hydrogens (tertiary/aromatic N) is 1. The molecule has 116 valence electrons. The lowest BCUT2D eigenvalue weighted by Crippen LogP contribution is -2.40. The van der Waals surface area contributed by atoms with Crippen molar-refractivity contribution in [3.8, 4) is 0 Å². The minimum atomic E-state index is 0.00759. The third-order valence-electron chi connectivity index (χ3n) is 3.38. The highest BCUT2D eigenvalue weighted by atomic mass is 16.2. The van der Waals surface area contributed by atoms with E-state index in [9.17, 15) is 9.59 Å². The van der Waals surface area contributed by atoms with Crippen molar-refractivity contribution in [3.05, 3.63) is 0 Å². The molecule has 0 aromatic carbocycles. The predicted molar refractivity (Wildman–Crippen MR) is 80.4 cm³/mol. The molecule has 20 heavy (non-hydrogen) atoms. The SMILES string of the molecule is CC(C)(C)NCCC(=O)NCCC(=O)N1CCCCC1. The van der Waals surface area contributed by atoms with Crippen molar-refractivity contribution >= 4 is 11.8 Å². The summed E-state index contributed by atoms with van der Waals surface area (Å²) in [5.74, 6) is 0.172. The van der Waals surface area contributed by atoms with Gasteiger partial charge in [0.15, 0.2) is 0 Å². The van der Waals surface area contributed by atoms with E-state index in [1.54, 1.807) is 0 Å². The highest BCUT2D eigenvalue weighted by Crippen LogP contribution is 2.09. The number of amides is 2. The average molecular weight is 283 g/mol. The van der Waals surface area contributed by atoms with Gasteiger partial charge in [0, 0.05) is 44.6 Å². The molecule has 2 amide bonds. The van der Waals surface area contributed by atoms with Gasteiger partial charge in [0.05, 0.1) is 0 Å². The van der Waals surface area contributed by atoms with E-state index < -0.39 is 0 Å². The van der Waals surface area contributed by atoms with Gasteiger partial charge < -0.3 is 15.5 Å². The average Bonchev–Trinajstić information content (AvgIpc) is 2.38. The number of nitrogens with one attached hydrogen (secondary N) is 2. The summed E-state index contributed by atoms with van der Waals surface area (Å²) >= 11 is 0. The zero-order chi connectivity index (χ0) is 15.0. The van der Waals surface area contributed by atoms with Crippen molar-refractivity contribution in [1.29, 1.82) is 0 Å². The first-order valence-electron chi connectivity index (χ1n) is 7.68. The number of hydrogen-bond acceptors (Lipinski definition) is 3. The number of piperidine rings is 1. The molecular weight excluding hydrogens is 254 g/mol. The molecule has 0 aliphatic carbocycles. The Morgan fingerprint density at radius 3 is 2.25 bits per heavy atom. The first-order valence-corrected chi connectivity index (χ1v) is 7.68. The number of rotatable bonds is 6. The molecule has 0 atom stereocenters. The van der Waals surface area contributed by atoms with Crippen LogP contribution in [0.2, 0.25) is 0 Å². The van der Waals surface area contributed by atoms with Crippen LogP contribution in [0.5, 0.6) is 0 Å². The Morgan fingerprint density at radius 2 is 1.65 bits per heavy atom. The van der Waals surface area contributed by atoms with Crippen molar-refractivity contribution in [1.82, 2.24) is 15.5 Å². The number of carbonyl (C=O) groups is 2. The highest BCUT2D eigenvalue weighted by Gasteiger charge is 2.16. The maximum absolute atomic E-state index is 11.9. The summed E-state index contributed by atoms with van der Waals surface area (Å²) in [6, 6.07) is 0. The van der Waals surface area contributed by atoms with Gasteiger partial charge in [-0.2, -0.15) is 0 Å². The smallest absolute Gasteiger partial charge is 0.224 e. The van der Waals surface area contributed by atoms with Crippen LogP contribution in [0.3, 0.4) is 0 Å². The van der Waals surface area contributed by atoms with Crippen LogP contribution in [0.4, 0.5) is 0 Å². The molecule has 0 aromatic heterocycles. The van der Waals surface area contributed by atoms with Crippen LogP contribution in [0, 0.1) is 0 Å². The second-order valence-corrected chi connectivity index (χ2v) is 6.47. The van der Waals surface area contributed by atoms with E-state index in [1.807, 2.05) is 4.90 Å². The lowest BCUT2D eigenvalue weighted by atomic mass is 10.1. The predicted octanol–water partition coefficient (Wildman–Crippen LogP) is 1.28. The second kappa shape index (κ2) is 8.25. The summed E-state index contributed by atoms with van der Waals surface area (Å²) in [5.41, 5.74) is 0.0323. The van der Waals surface area contributed by atoms with Crippen LogP contribution in [0.15, 0.2) is 0 Å². The van der Waals surface area contributed by atoms with Gasteiger partial charge in [0.1, 0.15) is 0 Å². The van der Waals surface area contributed by atoms with E-state index in [0.29, 0.717) is 25.9 Å². The van der Waals surface area contributed by atoms with Gasteiger partial charge in [-0.05, 0) is 40.0 Å². The quantitative estimate of drug-likeness (QED) is 0.772. The zero-order valence-corrected chi connectivity index (χ0v) is 13.1. The molecule has 5 heteroatoms. The molecule has 0 saturated carbocycles. The minimum absolute atomic E-state index is 0.00759. The van der Waals surface area contributed by atoms with E-state index in [-0.39, 0.29) is 17.4 Å². The fraction of sp³-hybridized carbons (Fsp3) is 0.867. The Bertz CT molecular complexity index is 318. The topological polar surface area (TPSA) is 61.4 Å². The summed E-state index contributed by atoms with van der Waals surface area (Å²) in [7, 11) is 0. The second-order valence-electron chi connectivity index (χ2n) is 6.47. The highest BCUT2D eigenvalue weighted by molar-refractivity contribution is 5.79. The van der Waals surface area contributed by atoms with Crippen LogP contribution < -0.4 is 10.6 Å². The van der Waals surface area contributed by atoms with Crippen LogP contribution >= 0.6 is 0 Å². The van der Waals surface area contributed by atoms with E-state index in [4.69, 9.17) is 0 Å². The summed E-state index contributed by atoms with van der Waals surface area (Å²) in [5, 5.41) is 6.08. The first-order chi connectivity index (χ1) is 9.38. The molecular formula is C15H29N3O2. The fourth-order valence-corrected chi connectivity index (χ4v) is 2.25. The molecule has 5 nitrogen and oxygen atoms in total. The molecule has 1 fully saturated rings. The van der Waals surface area contributed by atoms with E-state index in [2.05, 4.69) is 31.4 Å². The summed E-state index contributed by atoms with van der Waals surface area (Å²) in [6.07, 6.45) is 4.31. The fourth-order valence-electron chi connectivity index (χ4n) is 2.25. The lowest BCUT2D eigenvalue weighted by molar-refractivity contribution is -0.132. The van der Waals surface area contributed by atoms with Crippen molar-refractivity contribution < 1.29 is 9.59 Å². The van der Waals surface area contributed by atoms with Crippen molar-refractivity contribution in [2.45, 2.75) is 58.4 Å². The maximum Gasteiger partial charge on any atom is 0.224 e. The van der Waals surface area contributed by atoms with Gasteiger partial charge in [-0.25, -0.2) is 0 Å². The molecule has 0 bridgehead atoms. The molecule has 2 N–H and O–H groups in total. The lowest BCUT2D eigenvalue weighted by Gasteiger charge is -2.26. The van der Waals surface area contributed by atoms with Crippen molar-refractivity contribution in [2.75, 3.05) is 26.2 Å². The Kier molecular flexibility index (Phi) is 6.99. The van der Waals surface area contributed by atoms with Crippen LogP contribution in [-0.4, -0.2) is 48.4 Å². The summed E-state index contributed by atoms with van der Waals surface area (Å²) < 4.78 is 0. The molecule has 1 heterocycles. The van der Waals surface area contributed by atoms with Gasteiger partial charge in [-0.15, -0.1) is 0 Å². The summed E-state index contributed by atoms with van der Waals surface area (Å²) in [6.45, 7) is 9.08. The number of hydrogen-bond donors (Lipinski definition) is 2. The molecule has 0 spiro atoms. The van der Waals surface area contributed by atoms with E-state index >= 15 is 0 Å². The Morgan fingerprint density at radius 1 is 1.00 bits per heavy atom. The van der Waals surface area contributed by atoms with Gasteiger partial charge in [0.25, 0.3) is 0 Å². The molecule has 0 radical (unpaired) electrons. The third-order valence-corrected chi connectivity index (χ3v) is 3.38. The van der Waals surface area contributed by atoms with Crippen LogP contribution in [-0.2, 0) is 9.59 Å². The zero-order valence-electron chi connectivity index (χ0n) is 13.1. The monoisotopic (exact) mass is 283 g/mol. The van der Waals surface area contributed by atoms with Crippen LogP contribution in [0.25, 0.3) is 0 Å². The van der Waals surface area contributed by atoms with Crippen molar-refractivity contribution in [2.24, 2.45) is 0 Å². The van der Waals surface area contributed by atoms with Crippen molar-refractivity contribution in [3.63, 3.8) is 0 Å². The maximum atomic E-state index is 11.9. The van der Waals surface area contributed by atoms with Gasteiger partial charge >= 0.3 is 0 Å². The first kappa shape index (κ1) is 17.0. The van der Waals surface area contributed by atoms with E-state index in [0.717, 1.165) is 25.9 Å². The minimum Gasteiger partial charge on any atom is -0.356 e. The van der Waals surface area contributed by atoms with E-state index in [1.165, 1.54) is 6.42 Å². The molecule has 0 unspecified atom stereocenters. The van der Waals surface area contributed by atoms with Gasteiger partial charge in [0.2, 0.25) is 11.8 Å². The van der Waals surface area contributed by atoms with Gasteiger partial charge in [-0.3, -0.25) is 9.59 Å². The normalized spacial score (nSPS) is 16.1. The third kappa shape index (κ3) is 7.48. The molecule has 1 aliphatic rings. The number of carbonyl (C=O) groups excluding carboxylic acids is 2. The largest absolute Gasteiger partial charge is 0.356 e.